The molecule has 0 radical (unpaired) electrons. The van der Waals surface area contributed by atoms with Crippen molar-refractivity contribution in [1.82, 2.24) is 4.90 Å². The van der Waals surface area contributed by atoms with Crippen LogP contribution in [0.25, 0.3) is 0 Å². The van der Waals surface area contributed by atoms with Crippen LogP contribution in [0.15, 0.2) is 65.0 Å². The molecule has 2 aromatic rings. The van der Waals surface area contributed by atoms with Gasteiger partial charge in [-0.15, -0.1) is 0 Å². The number of hydrogen-bond acceptors (Lipinski definition) is 7. The second kappa shape index (κ2) is 12.8. The zero-order valence-corrected chi connectivity index (χ0v) is 27.3. The molecule has 1 N–H and O–H groups in total. The number of ether oxygens (including phenoxy) is 3. The lowest BCUT2D eigenvalue weighted by Crippen LogP contribution is -2.44. The summed E-state index contributed by atoms with van der Waals surface area (Å²) in [6.07, 6.45) is 3.15. The summed E-state index contributed by atoms with van der Waals surface area (Å²) in [5.74, 6) is -0.191. The van der Waals surface area contributed by atoms with E-state index in [0.717, 1.165) is 52.9 Å². The predicted molar refractivity (Wildman–Crippen MR) is 171 cm³/mol. The highest BCUT2D eigenvalue weighted by Crippen LogP contribution is 2.55. The van der Waals surface area contributed by atoms with Gasteiger partial charge in [0, 0.05) is 61.6 Å². The van der Waals surface area contributed by atoms with Crippen LogP contribution in [0.4, 0.5) is 0 Å². The lowest BCUT2D eigenvalue weighted by molar-refractivity contribution is -0.119. The van der Waals surface area contributed by atoms with Crippen molar-refractivity contribution in [3.63, 3.8) is 0 Å². The second-order valence-corrected chi connectivity index (χ2v) is 14.0. The Bertz CT molecular complexity index is 1490. The molecular weight excluding hydrogens is 570 g/mol. The van der Waals surface area contributed by atoms with Crippen molar-refractivity contribution in [2.24, 2.45) is 10.8 Å². The van der Waals surface area contributed by atoms with Crippen molar-refractivity contribution in [2.45, 2.75) is 79.2 Å². The van der Waals surface area contributed by atoms with Crippen LogP contribution in [0, 0.1) is 10.8 Å². The van der Waals surface area contributed by atoms with Gasteiger partial charge in [-0.3, -0.25) is 9.59 Å². The highest BCUT2D eigenvalue weighted by atomic mass is 16.5. The van der Waals surface area contributed by atoms with E-state index in [1.165, 1.54) is 0 Å². The predicted octanol–water partition coefficient (Wildman–Crippen LogP) is 7.08. The van der Waals surface area contributed by atoms with Crippen LogP contribution in [-0.2, 0) is 20.9 Å². The molecule has 0 bridgehead atoms. The average Bonchev–Trinajstić information content (AvgIpc) is 2.96. The van der Waals surface area contributed by atoms with Gasteiger partial charge in [0.25, 0.3) is 0 Å². The van der Waals surface area contributed by atoms with E-state index in [0.29, 0.717) is 44.1 Å². The molecule has 1 heterocycles. The highest BCUT2D eigenvalue weighted by Gasteiger charge is 2.49. The SMILES string of the molecule is CCOc1cc(C2C3=C(CC(C)(C)CC3=O)N(CCCOC)C3=C2C(=O)CC(C)(C)C3)ccc1OCc1ccc(C(=O)O)cc1. The molecule has 45 heavy (non-hydrogen) atoms. The molecule has 2 aromatic carbocycles. The molecule has 1 aliphatic heterocycles. The van der Waals surface area contributed by atoms with Gasteiger partial charge in [-0.25, -0.2) is 4.79 Å². The Hall–Kier alpha value is -3.91. The molecule has 5 rings (SSSR count). The third-order valence-corrected chi connectivity index (χ3v) is 8.95. The lowest BCUT2D eigenvalue weighted by atomic mass is 9.63. The minimum absolute atomic E-state index is 0.0928. The number of benzene rings is 2. The molecule has 0 saturated carbocycles. The van der Waals surface area contributed by atoms with E-state index in [4.69, 9.17) is 14.2 Å². The van der Waals surface area contributed by atoms with E-state index in [2.05, 4.69) is 32.6 Å². The number of Topliss-reactive ketones (excluding diaryl/α,β-unsaturated/α-hetero) is 2. The maximum absolute atomic E-state index is 14.1. The summed E-state index contributed by atoms with van der Waals surface area (Å²) >= 11 is 0. The molecule has 0 atom stereocenters. The van der Waals surface area contributed by atoms with Crippen LogP contribution in [0.5, 0.6) is 11.5 Å². The van der Waals surface area contributed by atoms with Gasteiger partial charge in [0.05, 0.1) is 12.2 Å². The van der Waals surface area contributed by atoms with Crippen molar-refractivity contribution in [1.29, 1.82) is 0 Å². The Labute approximate surface area is 266 Å². The van der Waals surface area contributed by atoms with Gasteiger partial charge < -0.3 is 24.2 Å². The first-order chi connectivity index (χ1) is 21.3. The van der Waals surface area contributed by atoms with E-state index in [9.17, 15) is 19.5 Å². The highest BCUT2D eigenvalue weighted by molar-refractivity contribution is 6.06. The van der Waals surface area contributed by atoms with Crippen molar-refractivity contribution in [2.75, 3.05) is 26.9 Å². The maximum atomic E-state index is 14.1. The standard InChI is InChI=1S/C37H45NO7/c1-7-44-31-17-25(13-14-30(31)45-22-23-9-11-24(12-10-23)35(41)42)32-33-26(18-36(2,3)20-28(33)39)38(15-8-16-43-6)27-19-37(4,5)21-29(40)34(27)32/h9-14,17,32H,7-8,15-16,18-22H2,1-6H3,(H,41,42). The fourth-order valence-electron chi connectivity index (χ4n) is 7.01. The van der Waals surface area contributed by atoms with E-state index >= 15 is 0 Å². The number of aromatic carboxylic acids is 1. The summed E-state index contributed by atoms with van der Waals surface area (Å²) < 4.78 is 17.6. The molecule has 240 valence electrons. The summed E-state index contributed by atoms with van der Waals surface area (Å²) in [5, 5.41) is 9.20. The molecule has 0 unspecified atom stereocenters. The van der Waals surface area contributed by atoms with Gasteiger partial charge >= 0.3 is 5.97 Å². The molecule has 0 amide bonds. The Morgan fingerprint density at radius 1 is 0.867 bits per heavy atom. The Morgan fingerprint density at radius 2 is 1.47 bits per heavy atom. The van der Waals surface area contributed by atoms with Gasteiger partial charge in [-0.2, -0.15) is 0 Å². The second-order valence-electron chi connectivity index (χ2n) is 14.0. The van der Waals surface area contributed by atoms with Crippen LogP contribution in [-0.4, -0.2) is 54.4 Å². The largest absolute Gasteiger partial charge is 0.490 e. The number of allylic oxidation sites excluding steroid dienone is 4. The normalized spacial score (nSPS) is 19.4. The molecule has 0 saturated heterocycles. The summed E-state index contributed by atoms with van der Waals surface area (Å²) in [5.41, 5.74) is 5.02. The number of carbonyl (C=O) groups excluding carboxylic acids is 2. The number of carboxylic acid groups (broad SMARTS) is 1. The van der Waals surface area contributed by atoms with Gasteiger partial charge in [0.1, 0.15) is 6.61 Å². The molecule has 0 aromatic heterocycles. The first-order valence-electron chi connectivity index (χ1n) is 15.8. The van der Waals surface area contributed by atoms with Crippen LogP contribution in [0.3, 0.4) is 0 Å². The molecular formula is C37H45NO7. The monoisotopic (exact) mass is 615 g/mol. The first kappa shape index (κ1) is 32.5. The number of carboxylic acids is 1. The number of hydrogen-bond donors (Lipinski definition) is 1. The lowest BCUT2D eigenvalue weighted by Gasteiger charge is -2.49. The van der Waals surface area contributed by atoms with Gasteiger partial charge in [-0.05, 0) is 72.4 Å². The average molecular weight is 616 g/mol. The molecule has 8 nitrogen and oxygen atoms in total. The fourth-order valence-corrected chi connectivity index (χ4v) is 7.01. The van der Waals surface area contributed by atoms with E-state index in [1.54, 1.807) is 31.4 Å². The van der Waals surface area contributed by atoms with Crippen molar-refractivity contribution < 1.29 is 33.7 Å². The summed E-state index contributed by atoms with van der Waals surface area (Å²) in [6, 6.07) is 12.3. The number of ketones is 2. The number of methoxy groups -OCH3 is 1. The maximum Gasteiger partial charge on any atom is 0.335 e. The van der Waals surface area contributed by atoms with Crippen LogP contribution < -0.4 is 9.47 Å². The minimum Gasteiger partial charge on any atom is -0.490 e. The summed E-state index contributed by atoms with van der Waals surface area (Å²) in [4.78, 5) is 41.7. The third kappa shape index (κ3) is 6.86. The topological polar surface area (TPSA) is 102 Å². The number of nitrogens with zero attached hydrogens (tertiary/aromatic N) is 1. The first-order valence-corrected chi connectivity index (χ1v) is 15.8. The van der Waals surface area contributed by atoms with E-state index < -0.39 is 11.9 Å². The third-order valence-electron chi connectivity index (χ3n) is 8.95. The molecule has 3 aliphatic rings. The van der Waals surface area contributed by atoms with Crippen LogP contribution >= 0.6 is 0 Å². The Balaban J connectivity index is 1.58. The Kier molecular flexibility index (Phi) is 9.26. The molecule has 0 spiro atoms. The van der Waals surface area contributed by atoms with Crippen molar-refractivity contribution in [3.8, 4) is 11.5 Å². The fraction of sp³-hybridized carbons (Fsp3) is 0.486. The van der Waals surface area contributed by atoms with Crippen LogP contribution in [0.2, 0.25) is 0 Å². The van der Waals surface area contributed by atoms with Crippen molar-refractivity contribution >= 4 is 17.5 Å². The van der Waals surface area contributed by atoms with Crippen LogP contribution in [0.1, 0.15) is 94.1 Å². The quantitative estimate of drug-likeness (QED) is 0.268. The van der Waals surface area contributed by atoms with E-state index in [-0.39, 0.29) is 34.6 Å². The number of rotatable bonds is 11. The zero-order chi connectivity index (χ0) is 32.5. The van der Waals surface area contributed by atoms with Gasteiger partial charge in [0.2, 0.25) is 0 Å². The minimum atomic E-state index is -0.978. The summed E-state index contributed by atoms with van der Waals surface area (Å²) in [7, 11) is 1.69. The van der Waals surface area contributed by atoms with Gasteiger partial charge in [-0.1, -0.05) is 45.9 Å². The number of carbonyl (C=O) groups is 3. The molecule has 0 fully saturated rings. The Morgan fingerprint density at radius 3 is 2.00 bits per heavy atom. The zero-order valence-electron chi connectivity index (χ0n) is 27.3. The smallest absolute Gasteiger partial charge is 0.335 e. The molecule has 2 aliphatic carbocycles. The van der Waals surface area contributed by atoms with E-state index in [1.807, 2.05) is 25.1 Å². The molecule has 8 heteroatoms. The van der Waals surface area contributed by atoms with Crippen molar-refractivity contribution in [3.05, 3.63) is 81.7 Å². The van der Waals surface area contributed by atoms with Gasteiger partial charge in [0.15, 0.2) is 23.1 Å². The summed E-state index contributed by atoms with van der Waals surface area (Å²) in [6.45, 7) is 12.4.